The molecule has 3 aromatic rings. The van der Waals surface area contributed by atoms with Gasteiger partial charge in [-0.25, -0.2) is 0 Å². The molecule has 0 saturated carbocycles. The van der Waals surface area contributed by atoms with E-state index in [0.29, 0.717) is 6.54 Å². The SMILES string of the molecule is CC[C@@H](C)N(CC(=O)N1CCc2sccc2[C@@H]1c1ccccc1)C(=O)c1ccco1. The summed E-state index contributed by atoms with van der Waals surface area (Å²) >= 11 is 1.75. The first kappa shape index (κ1) is 20.4. The van der Waals surface area contributed by atoms with Crippen LogP contribution in [0.2, 0.25) is 0 Å². The summed E-state index contributed by atoms with van der Waals surface area (Å²) in [5, 5.41) is 2.10. The van der Waals surface area contributed by atoms with Crippen molar-refractivity contribution in [3.63, 3.8) is 0 Å². The van der Waals surface area contributed by atoms with Gasteiger partial charge in [0.2, 0.25) is 5.91 Å². The summed E-state index contributed by atoms with van der Waals surface area (Å²) in [6.07, 6.45) is 3.09. The smallest absolute Gasteiger partial charge is 0.290 e. The third-order valence-corrected chi connectivity index (χ3v) is 6.82. The molecule has 2 aromatic heterocycles. The molecule has 5 nitrogen and oxygen atoms in total. The maximum atomic E-state index is 13.5. The van der Waals surface area contributed by atoms with Gasteiger partial charge in [-0.15, -0.1) is 11.3 Å². The van der Waals surface area contributed by atoms with Gasteiger partial charge in [0.25, 0.3) is 5.91 Å². The Kier molecular flexibility index (Phi) is 6.04. The Labute approximate surface area is 180 Å². The Morgan fingerprint density at radius 3 is 2.70 bits per heavy atom. The number of rotatable bonds is 6. The van der Waals surface area contributed by atoms with E-state index in [0.717, 1.165) is 18.4 Å². The van der Waals surface area contributed by atoms with E-state index in [9.17, 15) is 9.59 Å². The van der Waals surface area contributed by atoms with Crippen LogP contribution < -0.4 is 0 Å². The lowest BCUT2D eigenvalue weighted by atomic mass is 9.93. The van der Waals surface area contributed by atoms with E-state index < -0.39 is 0 Å². The van der Waals surface area contributed by atoms with Crippen LogP contribution in [0, 0.1) is 0 Å². The van der Waals surface area contributed by atoms with Gasteiger partial charge in [-0.05, 0) is 54.5 Å². The third-order valence-electron chi connectivity index (χ3n) is 5.82. The summed E-state index contributed by atoms with van der Waals surface area (Å²) in [7, 11) is 0. The highest BCUT2D eigenvalue weighted by Crippen LogP contribution is 2.37. The first-order chi connectivity index (χ1) is 14.6. The number of furan rings is 1. The Morgan fingerprint density at radius 1 is 1.20 bits per heavy atom. The van der Waals surface area contributed by atoms with Crippen molar-refractivity contribution in [3.8, 4) is 0 Å². The first-order valence-electron chi connectivity index (χ1n) is 10.3. The maximum absolute atomic E-state index is 13.5. The lowest BCUT2D eigenvalue weighted by Gasteiger charge is -2.38. The lowest BCUT2D eigenvalue weighted by Crippen LogP contribution is -2.49. The molecule has 3 heterocycles. The van der Waals surface area contributed by atoms with Crippen molar-refractivity contribution >= 4 is 23.2 Å². The van der Waals surface area contributed by atoms with Crippen LogP contribution in [0.4, 0.5) is 0 Å². The monoisotopic (exact) mass is 422 g/mol. The molecule has 156 valence electrons. The van der Waals surface area contributed by atoms with Crippen LogP contribution >= 0.6 is 11.3 Å². The molecular formula is C24H26N2O3S. The fourth-order valence-electron chi connectivity index (χ4n) is 4.01. The summed E-state index contributed by atoms with van der Waals surface area (Å²) in [6, 6.07) is 15.4. The largest absolute Gasteiger partial charge is 0.459 e. The molecule has 0 aliphatic carbocycles. The Morgan fingerprint density at radius 2 is 2.00 bits per heavy atom. The van der Waals surface area contributed by atoms with Crippen molar-refractivity contribution < 1.29 is 14.0 Å². The predicted molar refractivity (Wildman–Crippen MR) is 118 cm³/mol. The van der Waals surface area contributed by atoms with Crippen LogP contribution in [-0.4, -0.2) is 40.7 Å². The van der Waals surface area contributed by atoms with Crippen molar-refractivity contribution in [1.82, 2.24) is 9.80 Å². The molecule has 1 aliphatic heterocycles. The molecule has 0 unspecified atom stereocenters. The number of fused-ring (bicyclic) bond motifs is 1. The van der Waals surface area contributed by atoms with Crippen molar-refractivity contribution in [2.24, 2.45) is 0 Å². The van der Waals surface area contributed by atoms with E-state index in [1.807, 2.05) is 36.9 Å². The summed E-state index contributed by atoms with van der Waals surface area (Å²) in [4.78, 5) is 31.4. The number of nitrogens with zero attached hydrogens (tertiary/aromatic N) is 2. The molecule has 0 spiro atoms. The van der Waals surface area contributed by atoms with Crippen molar-refractivity contribution in [3.05, 3.63) is 81.9 Å². The average molecular weight is 423 g/mol. The third kappa shape index (κ3) is 3.92. The fraction of sp³-hybridized carbons (Fsp3) is 0.333. The number of hydrogen-bond donors (Lipinski definition) is 0. The van der Waals surface area contributed by atoms with Crippen molar-refractivity contribution in [2.45, 2.75) is 38.8 Å². The Bertz CT molecular complexity index is 997. The van der Waals surface area contributed by atoms with Crippen LogP contribution in [0.25, 0.3) is 0 Å². The van der Waals surface area contributed by atoms with Gasteiger partial charge >= 0.3 is 0 Å². The zero-order chi connectivity index (χ0) is 21.1. The van der Waals surface area contributed by atoms with Gasteiger partial charge in [-0.2, -0.15) is 0 Å². The molecule has 4 rings (SSSR count). The fourth-order valence-corrected chi connectivity index (χ4v) is 4.91. The molecule has 0 N–H and O–H groups in total. The van der Waals surface area contributed by atoms with Gasteiger partial charge < -0.3 is 14.2 Å². The second kappa shape index (κ2) is 8.88. The van der Waals surface area contributed by atoms with Crippen LogP contribution in [-0.2, 0) is 11.2 Å². The number of benzene rings is 1. The molecule has 6 heteroatoms. The first-order valence-corrected chi connectivity index (χ1v) is 11.2. The molecule has 0 saturated heterocycles. The molecule has 2 amide bonds. The summed E-state index contributed by atoms with van der Waals surface area (Å²) in [5.41, 5.74) is 2.29. The van der Waals surface area contributed by atoms with Crippen molar-refractivity contribution in [2.75, 3.05) is 13.1 Å². The number of hydrogen-bond acceptors (Lipinski definition) is 4. The molecular weight excluding hydrogens is 396 g/mol. The van der Waals surface area contributed by atoms with E-state index in [4.69, 9.17) is 4.42 Å². The van der Waals surface area contributed by atoms with Gasteiger partial charge in [0, 0.05) is 17.5 Å². The summed E-state index contributed by atoms with van der Waals surface area (Å²) in [5.74, 6) is -0.0189. The van der Waals surface area contributed by atoms with E-state index in [1.165, 1.54) is 16.7 Å². The minimum Gasteiger partial charge on any atom is -0.459 e. The molecule has 0 fully saturated rings. The maximum Gasteiger partial charge on any atom is 0.290 e. The standard InChI is InChI=1S/C24H26N2O3S/c1-3-17(2)26(24(28)20-10-7-14-29-20)16-22(27)25-13-11-21-19(12-15-30-21)23(25)18-8-5-4-6-9-18/h4-10,12,14-15,17,23H,3,11,13,16H2,1-2H3/t17-,23+/m1/s1. The van der Waals surface area contributed by atoms with Crippen molar-refractivity contribution in [1.29, 1.82) is 0 Å². The second-order valence-electron chi connectivity index (χ2n) is 7.62. The normalized spacial score (nSPS) is 16.7. The highest BCUT2D eigenvalue weighted by molar-refractivity contribution is 7.10. The van der Waals surface area contributed by atoms with Crippen LogP contribution in [0.3, 0.4) is 0 Å². The highest BCUT2D eigenvalue weighted by atomic mass is 32.1. The lowest BCUT2D eigenvalue weighted by molar-refractivity contribution is -0.134. The molecule has 2 atom stereocenters. The van der Waals surface area contributed by atoms with Gasteiger partial charge in [-0.1, -0.05) is 37.3 Å². The average Bonchev–Trinajstić information content (AvgIpc) is 3.48. The van der Waals surface area contributed by atoms with Crippen LogP contribution in [0.5, 0.6) is 0 Å². The Hall–Kier alpha value is -2.86. The van der Waals surface area contributed by atoms with E-state index >= 15 is 0 Å². The number of carbonyl (C=O) groups excluding carboxylic acids is 2. The van der Waals surface area contributed by atoms with Crippen LogP contribution in [0.15, 0.2) is 64.6 Å². The number of thiophene rings is 1. The number of amides is 2. The Balaban J connectivity index is 1.62. The van der Waals surface area contributed by atoms with Gasteiger partial charge in [-0.3, -0.25) is 9.59 Å². The van der Waals surface area contributed by atoms with Gasteiger partial charge in [0.15, 0.2) is 5.76 Å². The molecule has 0 bridgehead atoms. The topological polar surface area (TPSA) is 53.8 Å². The zero-order valence-electron chi connectivity index (χ0n) is 17.3. The molecule has 1 aliphatic rings. The molecule has 1 aromatic carbocycles. The van der Waals surface area contributed by atoms with E-state index in [2.05, 4.69) is 23.6 Å². The molecule has 0 radical (unpaired) electrons. The zero-order valence-corrected chi connectivity index (χ0v) is 18.1. The summed E-state index contributed by atoms with van der Waals surface area (Å²) in [6.45, 7) is 4.67. The second-order valence-corrected chi connectivity index (χ2v) is 8.62. The van der Waals surface area contributed by atoms with E-state index in [-0.39, 0.29) is 36.2 Å². The predicted octanol–water partition coefficient (Wildman–Crippen LogP) is 4.76. The van der Waals surface area contributed by atoms with E-state index in [1.54, 1.807) is 28.4 Å². The minimum absolute atomic E-state index is 0.0390. The number of carbonyl (C=O) groups is 2. The van der Waals surface area contributed by atoms with Gasteiger partial charge in [0.1, 0.15) is 6.54 Å². The summed E-state index contributed by atoms with van der Waals surface area (Å²) < 4.78 is 5.31. The van der Waals surface area contributed by atoms with Crippen LogP contribution in [0.1, 0.15) is 52.9 Å². The quantitative estimate of drug-likeness (QED) is 0.576. The van der Waals surface area contributed by atoms with Gasteiger partial charge in [0.05, 0.1) is 12.3 Å². The highest BCUT2D eigenvalue weighted by Gasteiger charge is 2.35. The minimum atomic E-state index is -0.243. The molecule has 30 heavy (non-hydrogen) atoms.